The molecular formula is C16H24N4O3S. The zero-order valence-electron chi connectivity index (χ0n) is 13.9. The van der Waals surface area contributed by atoms with E-state index < -0.39 is 10.0 Å². The van der Waals surface area contributed by atoms with Crippen LogP contribution in [-0.2, 0) is 21.4 Å². The van der Waals surface area contributed by atoms with E-state index in [1.54, 1.807) is 16.6 Å². The van der Waals surface area contributed by atoms with Crippen LogP contribution in [0.1, 0.15) is 63.0 Å². The molecule has 1 aromatic rings. The number of rotatable bonds is 5. The number of nitrogens with zero attached hydrogens (tertiary/aromatic N) is 3. The number of sulfonamides is 1. The fraction of sp³-hybridized carbons (Fsp3) is 0.688. The molecule has 2 heterocycles. The highest BCUT2D eigenvalue weighted by molar-refractivity contribution is 7.89. The van der Waals surface area contributed by atoms with Gasteiger partial charge in [0.15, 0.2) is 0 Å². The molecule has 1 saturated carbocycles. The van der Waals surface area contributed by atoms with Crippen molar-refractivity contribution in [2.24, 2.45) is 0 Å². The predicted molar refractivity (Wildman–Crippen MR) is 89.4 cm³/mol. The van der Waals surface area contributed by atoms with E-state index in [9.17, 15) is 13.2 Å². The van der Waals surface area contributed by atoms with Crippen molar-refractivity contribution < 1.29 is 13.2 Å². The van der Waals surface area contributed by atoms with Gasteiger partial charge in [-0.15, -0.1) is 0 Å². The lowest BCUT2D eigenvalue weighted by Gasteiger charge is -2.26. The van der Waals surface area contributed by atoms with Crippen LogP contribution in [0.2, 0.25) is 0 Å². The highest BCUT2D eigenvalue weighted by Gasteiger charge is 2.41. The molecule has 8 heteroatoms. The minimum atomic E-state index is -3.29. The Labute approximate surface area is 142 Å². The number of nitrogens with one attached hydrogen (secondary N) is 1. The normalized spacial score (nSPS) is 22.8. The van der Waals surface area contributed by atoms with Crippen LogP contribution >= 0.6 is 0 Å². The summed E-state index contributed by atoms with van der Waals surface area (Å²) in [5, 5.41) is 2.46. The Morgan fingerprint density at radius 1 is 1.29 bits per heavy atom. The summed E-state index contributed by atoms with van der Waals surface area (Å²) in [7, 11) is -3.29. The molecule has 1 N–H and O–H groups in total. The maximum atomic E-state index is 12.9. The topological polar surface area (TPSA) is 92.3 Å². The van der Waals surface area contributed by atoms with Crippen molar-refractivity contribution >= 4 is 15.9 Å². The maximum Gasteiger partial charge on any atom is 0.217 e. The monoisotopic (exact) mass is 352 g/mol. The molecule has 0 spiro atoms. The van der Waals surface area contributed by atoms with Gasteiger partial charge in [0.2, 0.25) is 15.9 Å². The summed E-state index contributed by atoms with van der Waals surface area (Å²) in [4.78, 5) is 19.8. The molecule has 24 heavy (non-hydrogen) atoms. The Morgan fingerprint density at radius 2 is 2.04 bits per heavy atom. The Bertz CT molecular complexity index is 701. The molecule has 0 bridgehead atoms. The van der Waals surface area contributed by atoms with Gasteiger partial charge in [-0.1, -0.05) is 12.8 Å². The van der Waals surface area contributed by atoms with Crippen molar-refractivity contribution in [2.45, 2.75) is 63.3 Å². The molecule has 1 amide bonds. The van der Waals surface area contributed by atoms with Crippen molar-refractivity contribution in [1.82, 2.24) is 19.6 Å². The molecule has 7 nitrogen and oxygen atoms in total. The third-order valence-corrected chi connectivity index (χ3v) is 7.21. The number of amides is 1. The molecule has 0 radical (unpaired) electrons. The van der Waals surface area contributed by atoms with Crippen LogP contribution in [0.3, 0.4) is 0 Å². The van der Waals surface area contributed by atoms with Crippen LogP contribution in [0, 0.1) is 0 Å². The third kappa shape index (κ3) is 3.59. The van der Waals surface area contributed by atoms with E-state index in [1.807, 2.05) is 0 Å². The minimum absolute atomic E-state index is 0.124. The summed E-state index contributed by atoms with van der Waals surface area (Å²) in [6.45, 7) is 2.32. The molecule has 0 aromatic carbocycles. The molecule has 0 unspecified atom stereocenters. The Kier molecular flexibility index (Phi) is 5.15. The second kappa shape index (κ2) is 7.14. The molecule has 2 fully saturated rings. The van der Waals surface area contributed by atoms with Crippen LogP contribution in [0.5, 0.6) is 0 Å². The van der Waals surface area contributed by atoms with Gasteiger partial charge >= 0.3 is 0 Å². The lowest BCUT2D eigenvalue weighted by atomic mass is 10.2. The van der Waals surface area contributed by atoms with E-state index in [-0.39, 0.29) is 17.2 Å². The minimum Gasteiger partial charge on any atom is -0.351 e. The average Bonchev–Trinajstić information content (AvgIpc) is 3.24. The average molecular weight is 352 g/mol. The van der Waals surface area contributed by atoms with Crippen molar-refractivity contribution in [3.63, 3.8) is 0 Å². The van der Waals surface area contributed by atoms with E-state index >= 15 is 0 Å². The summed E-state index contributed by atoms with van der Waals surface area (Å²) in [5.74, 6) is 0.415. The first kappa shape index (κ1) is 17.3. The first-order valence-corrected chi connectivity index (χ1v) is 10.1. The van der Waals surface area contributed by atoms with Crippen molar-refractivity contribution in [3.05, 3.63) is 23.8 Å². The van der Waals surface area contributed by atoms with Crippen molar-refractivity contribution in [2.75, 3.05) is 6.54 Å². The van der Waals surface area contributed by atoms with Crippen LogP contribution in [0.25, 0.3) is 0 Å². The largest absolute Gasteiger partial charge is 0.351 e. The predicted octanol–water partition coefficient (Wildman–Crippen LogP) is 1.52. The summed E-state index contributed by atoms with van der Waals surface area (Å²) in [6.07, 6.45) is 6.71. The Hall–Kier alpha value is -1.54. The molecule has 132 valence electrons. The number of carbonyl (C=O) groups is 1. The third-order valence-electron chi connectivity index (χ3n) is 4.80. The van der Waals surface area contributed by atoms with E-state index in [0.717, 1.165) is 38.5 Å². The van der Waals surface area contributed by atoms with E-state index in [1.165, 1.54) is 6.92 Å². The molecule has 1 aromatic heterocycles. The zero-order valence-corrected chi connectivity index (χ0v) is 14.8. The Morgan fingerprint density at radius 3 is 2.75 bits per heavy atom. The SMILES string of the molecule is CC(=O)NCc1ccnc([C@@H]2CCCN2S(=O)(=O)C2CCCC2)n1. The maximum absolute atomic E-state index is 12.9. The molecule has 2 aliphatic rings. The zero-order chi connectivity index (χ0) is 17.2. The van der Waals surface area contributed by atoms with Gasteiger partial charge in [-0.2, -0.15) is 4.31 Å². The van der Waals surface area contributed by atoms with Crippen LogP contribution in [0.15, 0.2) is 12.3 Å². The van der Waals surface area contributed by atoms with E-state index in [4.69, 9.17) is 0 Å². The van der Waals surface area contributed by atoms with Crippen LogP contribution in [0.4, 0.5) is 0 Å². The van der Waals surface area contributed by atoms with Crippen LogP contribution < -0.4 is 5.32 Å². The lowest BCUT2D eigenvalue weighted by Crippen LogP contribution is -2.37. The lowest BCUT2D eigenvalue weighted by molar-refractivity contribution is -0.119. The second-order valence-electron chi connectivity index (χ2n) is 6.54. The number of carbonyl (C=O) groups excluding carboxylic acids is 1. The van der Waals surface area contributed by atoms with Gasteiger partial charge in [0.25, 0.3) is 0 Å². The summed E-state index contributed by atoms with van der Waals surface area (Å²) in [6, 6.07) is 1.46. The first-order chi connectivity index (χ1) is 11.5. The second-order valence-corrected chi connectivity index (χ2v) is 8.70. The van der Waals surface area contributed by atoms with Gasteiger partial charge in [-0.05, 0) is 31.7 Å². The van der Waals surface area contributed by atoms with E-state index in [0.29, 0.717) is 24.6 Å². The van der Waals surface area contributed by atoms with Gasteiger partial charge < -0.3 is 5.32 Å². The van der Waals surface area contributed by atoms with Gasteiger partial charge in [0, 0.05) is 19.7 Å². The number of aromatic nitrogens is 2. The fourth-order valence-corrected chi connectivity index (χ4v) is 5.82. The molecule has 1 atom stereocenters. The van der Waals surface area contributed by atoms with E-state index in [2.05, 4.69) is 15.3 Å². The molecule has 1 aliphatic carbocycles. The molecule has 1 aliphatic heterocycles. The first-order valence-electron chi connectivity index (χ1n) is 8.55. The smallest absolute Gasteiger partial charge is 0.217 e. The molecular weight excluding hydrogens is 328 g/mol. The highest BCUT2D eigenvalue weighted by Crippen LogP contribution is 2.37. The number of hydrogen-bond donors (Lipinski definition) is 1. The van der Waals surface area contributed by atoms with Gasteiger partial charge in [-0.3, -0.25) is 4.79 Å². The summed E-state index contributed by atoms with van der Waals surface area (Å²) >= 11 is 0. The quantitative estimate of drug-likeness (QED) is 0.867. The fourth-order valence-electron chi connectivity index (χ4n) is 3.57. The highest BCUT2D eigenvalue weighted by atomic mass is 32.2. The standard InChI is InChI=1S/C16H24N4O3S/c1-12(21)18-11-13-8-9-17-16(19-13)15-7-4-10-20(15)24(22,23)14-5-2-3-6-14/h8-9,14-15H,2-7,10-11H2,1H3,(H,18,21)/t15-/m0/s1. The summed E-state index contributed by atoms with van der Waals surface area (Å²) in [5.41, 5.74) is 0.695. The molecule has 1 saturated heterocycles. The molecule has 3 rings (SSSR count). The van der Waals surface area contributed by atoms with Gasteiger partial charge in [-0.25, -0.2) is 18.4 Å². The van der Waals surface area contributed by atoms with Crippen LogP contribution in [-0.4, -0.2) is 40.4 Å². The Balaban J connectivity index is 1.80. The van der Waals surface area contributed by atoms with Crippen molar-refractivity contribution in [3.8, 4) is 0 Å². The number of hydrogen-bond acceptors (Lipinski definition) is 5. The van der Waals surface area contributed by atoms with Gasteiger partial charge in [0.05, 0.1) is 23.5 Å². The summed E-state index contributed by atoms with van der Waals surface area (Å²) < 4.78 is 27.5. The van der Waals surface area contributed by atoms with Crippen molar-refractivity contribution in [1.29, 1.82) is 0 Å². The van der Waals surface area contributed by atoms with Gasteiger partial charge in [0.1, 0.15) is 5.82 Å².